The van der Waals surface area contributed by atoms with E-state index >= 15 is 0 Å². The van der Waals surface area contributed by atoms with Gasteiger partial charge in [-0.2, -0.15) is 0 Å². The van der Waals surface area contributed by atoms with Crippen molar-refractivity contribution in [3.05, 3.63) is 33.7 Å². The van der Waals surface area contributed by atoms with Gasteiger partial charge in [-0.3, -0.25) is 9.59 Å². The van der Waals surface area contributed by atoms with E-state index in [1.165, 1.54) is 18.7 Å². The van der Waals surface area contributed by atoms with Crippen LogP contribution < -0.4 is 10.7 Å². The van der Waals surface area contributed by atoms with Crippen LogP contribution in [0.2, 0.25) is 0 Å². The summed E-state index contributed by atoms with van der Waals surface area (Å²) < 4.78 is 0. The van der Waals surface area contributed by atoms with Gasteiger partial charge in [0.15, 0.2) is 5.43 Å². The zero-order valence-electron chi connectivity index (χ0n) is 13.2. The Morgan fingerprint density at radius 3 is 2.62 bits per heavy atom. The van der Waals surface area contributed by atoms with Gasteiger partial charge in [0.05, 0.1) is 0 Å². The highest BCUT2D eigenvalue weighted by molar-refractivity contribution is 5.94. The summed E-state index contributed by atoms with van der Waals surface area (Å²) >= 11 is 0. The summed E-state index contributed by atoms with van der Waals surface area (Å²) in [5.74, 6) is 0.426. The van der Waals surface area contributed by atoms with Crippen LogP contribution in [0.4, 0.5) is 0 Å². The molecule has 114 valence electrons. The Kier molecular flexibility index (Phi) is 3.05. The first-order valence-corrected chi connectivity index (χ1v) is 7.76. The van der Waals surface area contributed by atoms with Crippen molar-refractivity contribution >= 4 is 5.91 Å². The number of hydrogen-bond donors (Lipinski definition) is 2. The summed E-state index contributed by atoms with van der Waals surface area (Å²) in [6, 6.07) is 1.64. The van der Waals surface area contributed by atoms with Crippen LogP contribution in [-0.2, 0) is 0 Å². The number of aromatic nitrogens is 1. The van der Waals surface area contributed by atoms with Crippen molar-refractivity contribution in [2.45, 2.75) is 53.0 Å². The molecule has 2 aliphatic carbocycles. The topological polar surface area (TPSA) is 62.0 Å². The molecule has 3 rings (SSSR count). The largest absolute Gasteiger partial charge is 0.364 e. The van der Waals surface area contributed by atoms with Crippen LogP contribution in [0.3, 0.4) is 0 Å². The van der Waals surface area contributed by atoms with Crippen molar-refractivity contribution in [1.29, 1.82) is 0 Å². The number of fused-ring (bicyclic) bond motifs is 2. The normalized spacial score (nSPS) is 33.1. The van der Waals surface area contributed by atoms with Crippen LogP contribution in [0, 0.1) is 23.7 Å². The summed E-state index contributed by atoms with van der Waals surface area (Å²) in [6.07, 6.45) is 4.95. The van der Waals surface area contributed by atoms with Gasteiger partial charge in [0, 0.05) is 24.0 Å². The van der Waals surface area contributed by atoms with Gasteiger partial charge in [-0.15, -0.1) is 0 Å². The lowest BCUT2D eigenvalue weighted by Gasteiger charge is -2.39. The van der Waals surface area contributed by atoms with Crippen LogP contribution >= 0.6 is 0 Å². The Labute approximate surface area is 125 Å². The first-order valence-electron chi connectivity index (χ1n) is 7.76. The third kappa shape index (κ3) is 1.95. The third-order valence-electron chi connectivity index (χ3n) is 6.40. The summed E-state index contributed by atoms with van der Waals surface area (Å²) in [4.78, 5) is 27.3. The molecule has 4 heteroatoms. The molecule has 0 radical (unpaired) electrons. The molecule has 1 aromatic heterocycles. The molecule has 1 aromatic rings. The van der Waals surface area contributed by atoms with Crippen LogP contribution in [0.15, 0.2) is 17.1 Å². The van der Waals surface area contributed by atoms with Crippen molar-refractivity contribution in [3.63, 3.8) is 0 Å². The minimum atomic E-state index is -0.245. The average molecular weight is 288 g/mol. The number of aromatic amines is 1. The van der Waals surface area contributed by atoms with Gasteiger partial charge in [0.2, 0.25) is 0 Å². The molecule has 4 nitrogen and oxygen atoms in total. The van der Waals surface area contributed by atoms with Crippen molar-refractivity contribution < 1.29 is 4.79 Å². The number of amides is 1. The Bertz CT molecular complexity index is 646. The predicted molar refractivity (Wildman–Crippen MR) is 82.3 cm³/mol. The van der Waals surface area contributed by atoms with E-state index in [-0.39, 0.29) is 33.8 Å². The SMILES string of the molecule is Cc1cc(=O)c(C(=O)NC2CC3CCC2(C)C3(C)C)c[nH]1. The number of aryl methyl sites for hydroxylation is 1. The fourth-order valence-electron chi connectivity index (χ4n) is 4.41. The fourth-order valence-corrected chi connectivity index (χ4v) is 4.41. The van der Waals surface area contributed by atoms with Gasteiger partial charge in [0.1, 0.15) is 5.56 Å². The van der Waals surface area contributed by atoms with Gasteiger partial charge < -0.3 is 10.3 Å². The molecule has 21 heavy (non-hydrogen) atoms. The number of rotatable bonds is 2. The Morgan fingerprint density at radius 2 is 2.10 bits per heavy atom. The summed E-state index contributed by atoms with van der Waals surface area (Å²) in [5.41, 5.74) is 1.15. The molecule has 2 fully saturated rings. The first-order chi connectivity index (χ1) is 9.75. The second-order valence-corrected chi connectivity index (χ2v) is 7.53. The van der Waals surface area contributed by atoms with Gasteiger partial charge in [-0.05, 0) is 42.9 Å². The molecule has 2 bridgehead atoms. The number of nitrogens with one attached hydrogen (secondary N) is 2. The molecule has 2 saturated carbocycles. The highest BCUT2D eigenvalue weighted by atomic mass is 16.2. The Hall–Kier alpha value is -1.58. The molecule has 2 aliphatic rings. The van der Waals surface area contributed by atoms with E-state index in [0.29, 0.717) is 5.92 Å². The Morgan fingerprint density at radius 1 is 1.38 bits per heavy atom. The maximum atomic E-state index is 12.4. The number of hydrogen-bond acceptors (Lipinski definition) is 2. The summed E-state index contributed by atoms with van der Waals surface area (Å²) in [6.45, 7) is 8.72. The highest BCUT2D eigenvalue weighted by Gasteiger charge is 2.61. The lowest BCUT2D eigenvalue weighted by molar-refractivity contribution is 0.0825. The molecule has 1 heterocycles. The summed E-state index contributed by atoms with van der Waals surface area (Å²) in [5, 5.41) is 3.12. The van der Waals surface area contributed by atoms with E-state index in [9.17, 15) is 9.59 Å². The van der Waals surface area contributed by atoms with Crippen LogP contribution in [0.5, 0.6) is 0 Å². The average Bonchev–Trinajstić information content (AvgIpc) is 2.71. The smallest absolute Gasteiger partial charge is 0.256 e. The van der Waals surface area contributed by atoms with Crippen LogP contribution in [-0.4, -0.2) is 16.9 Å². The predicted octanol–water partition coefficient (Wildman–Crippen LogP) is 2.63. The maximum absolute atomic E-state index is 12.4. The van der Waals surface area contributed by atoms with Crippen LogP contribution in [0.25, 0.3) is 0 Å². The fraction of sp³-hybridized carbons (Fsp3) is 0.647. The number of H-pyrrole nitrogens is 1. The molecule has 3 unspecified atom stereocenters. The molecule has 0 spiro atoms. The number of pyridine rings is 1. The molecule has 0 aliphatic heterocycles. The Balaban J connectivity index is 1.82. The van der Waals surface area contributed by atoms with Crippen molar-refractivity contribution in [1.82, 2.24) is 10.3 Å². The van der Waals surface area contributed by atoms with E-state index in [4.69, 9.17) is 0 Å². The lowest BCUT2D eigenvalue weighted by Crippen LogP contribution is -2.47. The van der Waals surface area contributed by atoms with E-state index in [2.05, 4.69) is 31.1 Å². The minimum Gasteiger partial charge on any atom is -0.364 e. The molecule has 0 aromatic carbocycles. The van der Waals surface area contributed by atoms with E-state index in [1.807, 2.05) is 6.92 Å². The first kappa shape index (κ1) is 14.4. The molecular formula is C17H24N2O2. The standard InChI is InChI=1S/C17H24N2O2/c1-10-7-13(20)12(9-18-10)15(21)19-14-8-11-5-6-17(14,4)16(11,2)3/h7,9,11,14H,5-6,8H2,1-4H3,(H,18,20)(H,19,21). The highest BCUT2D eigenvalue weighted by Crippen LogP contribution is 2.65. The van der Waals surface area contributed by atoms with Crippen LogP contribution in [0.1, 0.15) is 56.1 Å². The third-order valence-corrected chi connectivity index (χ3v) is 6.40. The zero-order chi connectivity index (χ0) is 15.4. The molecule has 1 amide bonds. The molecular weight excluding hydrogens is 264 g/mol. The van der Waals surface area contributed by atoms with E-state index < -0.39 is 0 Å². The van der Waals surface area contributed by atoms with E-state index in [0.717, 1.165) is 18.5 Å². The van der Waals surface area contributed by atoms with E-state index in [1.54, 1.807) is 0 Å². The van der Waals surface area contributed by atoms with Crippen molar-refractivity contribution in [3.8, 4) is 0 Å². The molecule has 0 saturated heterocycles. The maximum Gasteiger partial charge on any atom is 0.256 e. The van der Waals surface area contributed by atoms with Gasteiger partial charge in [0.25, 0.3) is 5.91 Å². The molecule has 2 N–H and O–H groups in total. The molecule has 3 atom stereocenters. The van der Waals surface area contributed by atoms with Gasteiger partial charge >= 0.3 is 0 Å². The quantitative estimate of drug-likeness (QED) is 0.878. The lowest BCUT2D eigenvalue weighted by atomic mass is 9.69. The van der Waals surface area contributed by atoms with Crippen molar-refractivity contribution in [2.24, 2.45) is 16.7 Å². The minimum absolute atomic E-state index is 0.130. The second kappa shape index (κ2) is 4.46. The van der Waals surface area contributed by atoms with Gasteiger partial charge in [-0.25, -0.2) is 0 Å². The van der Waals surface area contributed by atoms with Gasteiger partial charge in [-0.1, -0.05) is 20.8 Å². The second-order valence-electron chi connectivity index (χ2n) is 7.53. The van der Waals surface area contributed by atoms with Crippen molar-refractivity contribution in [2.75, 3.05) is 0 Å². The number of carbonyl (C=O) groups is 1. The monoisotopic (exact) mass is 288 g/mol. The zero-order valence-corrected chi connectivity index (χ0v) is 13.2. The summed E-state index contributed by atoms with van der Waals surface area (Å²) in [7, 11) is 0. The number of carbonyl (C=O) groups excluding carboxylic acids is 1.